The minimum absolute atomic E-state index is 0.653. The third kappa shape index (κ3) is 3.24. The molecule has 1 aromatic rings. The minimum Gasteiger partial charge on any atom is -0.381 e. The summed E-state index contributed by atoms with van der Waals surface area (Å²) in [5.74, 6) is 2.30. The van der Waals surface area contributed by atoms with Gasteiger partial charge in [0.2, 0.25) is 0 Å². The van der Waals surface area contributed by atoms with E-state index in [1.807, 2.05) is 0 Å². The zero-order valence-corrected chi connectivity index (χ0v) is 12.6. The molecule has 3 rings (SSSR count). The number of benzene rings is 1. The molecule has 4 unspecified atom stereocenters. The Morgan fingerprint density at radius 1 is 1.30 bits per heavy atom. The largest absolute Gasteiger partial charge is 0.381 e. The van der Waals surface area contributed by atoms with E-state index in [0.717, 1.165) is 31.6 Å². The van der Waals surface area contributed by atoms with E-state index in [-0.39, 0.29) is 0 Å². The SMILES string of the molecule is CCCNC(C1CCCOC1)C1CC1c1ccccc1. The zero-order chi connectivity index (χ0) is 13.8. The molecule has 1 saturated heterocycles. The molecule has 1 aromatic carbocycles. The van der Waals surface area contributed by atoms with Crippen LogP contribution in [0.4, 0.5) is 0 Å². The van der Waals surface area contributed by atoms with Crippen LogP contribution in [-0.2, 0) is 4.74 Å². The molecule has 1 aliphatic carbocycles. The van der Waals surface area contributed by atoms with E-state index < -0.39 is 0 Å². The molecule has 1 N–H and O–H groups in total. The predicted octanol–water partition coefficient (Wildman–Crippen LogP) is 3.58. The molecule has 20 heavy (non-hydrogen) atoms. The molecular weight excluding hydrogens is 246 g/mol. The Labute approximate surface area is 122 Å². The van der Waals surface area contributed by atoms with Crippen molar-refractivity contribution in [1.82, 2.24) is 5.32 Å². The second kappa shape index (κ2) is 6.73. The summed E-state index contributed by atoms with van der Waals surface area (Å²) < 4.78 is 5.72. The molecule has 2 aliphatic rings. The summed E-state index contributed by atoms with van der Waals surface area (Å²) in [5.41, 5.74) is 1.53. The van der Waals surface area contributed by atoms with Crippen LogP contribution >= 0.6 is 0 Å². The molecule has 1 aliphatic heterocycles. The molecule has 2 heteroatoms. The van der Waals surface area contributed by atoms with Gasteiger partial charge >= 0.3 is 0 Å². The standard InChI is InChI=1S/C18H27NO/c1-2-10-19-18(15-9-6-11-20-13-15)17-12-16(17)14-7-4-3-5-8-14/h3-5,7-8,15-19H,2,6,9-13H2,1H3. The van der Waals surface area contributed by atoms with E-state index >= 15 is 0 Å². The number of hydrogen-bond donors (Lipinski definition) is 1. The lowest BCUT2D eigenvalue weighted by molar-refractivity contribution is 0.0354. The van der Waals surface area contributed by atoms with Crippen molar-refractivity contribution in [2.45, 2.75) is 44.6 Å². The van der Waals surface area contributed by atoms with Crippen LogP contribution < -0.4 is 5.32 Å². The first kappa shape index (κ1) is 14.1. The van der Waals surface area contributed by atoms with Crippen molar-refractivity contribution in [2.24, 2.45) is 11.8 Å². The average Bonchev–Trinajstić information content (AvgIpc) is 3.30. The summed E-state index contributed by atoms with van der Waals surface area (Å²) in [7, 11) is 0. The van der Waals surface area contributed by atoms with Gasteiger partial charge in [-0.3, -0.25) is 0 Å². The van der Waals surface area contributed by atoms with Gasteiger partial charge in [-0.1, -0.05) is 37.3 Å². The summed E-state index contributed by atoms with van der Waals surface area (Å²) >= 11 is 0. The van der Waals surface area contributed by atoms with Crippen molar-refractivity contribution >= 4 is 0 Å². The van der Waals surface area contributed by atoms with Crippen LogP contribution in [0.15, 0.2) is 30.3 Å². The van der Waals surface area contributed by atoms with Crippen LogP contribution in [0, 0.1) is 11.8 Å². The number of hydrogen-bond acceptors (Lipinski definition) is 2. The maximum Gasteiger partial charge on any atom is 0.0509 e. The molecular formula is C18H27NO. The Morgan fingerprint density at radius 2 is 2.15 bits per heavy atom. The van der Waals surface area contributed by atoms with Gasteiger partial charge in [-0.15, -0.1) is 0 Å². The van der Waals surface area contributed by atoms with Crippen molar-refractivity contribution in [1.29, 1.82) is 0 Å². The predicted molar refractivity (Wildman–Crippen MR) is 82.9 cm³/mol. The van der Waals surface area contributed by atoms with Crippen LogP contribution in [0.3, 0.4) is 0 Å². The maximum atomic E-state index is 5.72. The minimum atomic E-state index is 0.653. The summed E-state index contributed by atoms with van der Waals surface area (Å²) in [6.07, 6.45) is 5.13. The Kier molecular flexibility index (Phi) is 4.74. The van der Waals surface area contributed by atoms with E-state index in [9.17, 15) is 0 Å². The van der Waals surface area contributed by atoms with Gasteiger partial charge in [-0.2, -0.15) is 0 Å². The fourth-order valence-corrected chi connectivity index (χ4v) is 3.72. The third-order valence-corrected chi connectivity index (χ3v) is 4.86. The summed E-state index contributed by atoms with van der Waals surface area (Å²) in [6, 6.07) is 11.7. The Balaban J connectivity index is 1.64. The van der Waals surface area contributed by atoms with Crippen LogP contribution in [0.2, 0.25) is 0 Å². The highest BCUT2D eigenvalue weighted by molar-refractivity contribution is 5.27. The molecule has 0 radical (unpaired) electrons. The van der Waals surface area contributed by atoms with Gasteiger partial charge in [-0.25, -0.2) is 0 Å². The first-order chi connectivity index (χ1) is 9.90. The van der Waals surface area contributed by atoms with Gasteiger partial charge in [0.1, 0.15) is 0 Å². The van der Waals surface area contributed by atoms with Crippen LogP contribution in [0.5, 0.6) is 0 Å². The first-order valence-electron chi connectivity index (χ1n) is 8.26. The second-order valence-corrected chi connectivity index (χ2v) is 6.37. The highest BCUT2D eigenvalue weighted by Gasteiger charge is 2.46. The molecule has 2 fully saturated rings. The first-order valence-corrected chi connectivity index (χ1v) is 8.26. The fourth-order valence-electron chi connectivity index (χ4n) is 3.72. The van der Waals surface area contributed by atoms with E-state index in [1.165, 1.54) is 31.2 Å². The quantitative estimate of drug-likeness (QED) is 0.855. The molecule has 0 spiro atoms. The van der Waals surface area contributed by atoms with Gasteiger partial charge in [0, 0.05) is 12.6 Å². The normalized spacial score (nSPS) is 30.9. The highest BCUT2D eigenvalue weighted by Crippen LogP contribution is 2.51. The summed E-state index contributed by atoms with van der Waals surface area (Å²) in [5, 5.41) is 3.82. The van der Waals surface area contributed by atoms with Crippen molar-refractivity contribution in [2.75, 3.05) is 19.8 Å². The molecule has 0 aromatic heterocycles. The average molecular weight is 273 g/mol. The lowest BCUT2D eigenvalue weighted by Crippen LogP contribution is -2.42. The van der Waals surface area contributed by atoms with E-state index in [0.29, 0.717) is 12.0 Å². The summed E-state index contributed by atoms with van der Waals surface area (Å²) in [4.78, 5) is 0. The molecule has 4 atom stereocenters. The molecule has 2 nitrogen and oxygen atoms in total. The fraction of sp³-hybridized carbons (Fsp3) is 0.667. The Morgan fingerprint density at radius 3 is 2.85 bits per heavy atom. The maximum absolute atomic E-state index is 5.72. The van der Waals surface area contributed by atoms with Crippen molar-refractivity contribution < 1.29 is 4.74 Å². The van der Waals surface area contributed by atoms with E-state index in [4.69, 9.17) is 4.74 Å². The number of ether oxygens (including phenoxy) is 1. The lowest BCUT2D eigenvalue weighted by atomic mass is 9.89. The van der Waals surface area contributed by atoms with Crippen LogP contribution in [-0.4, -0.2) is 25.8 Å². The molecule has 0 amide bonds. The van der Waals surface area contributed by atoms with Gasteiger partial charge in [-0.05, 0) is 55.5 Å². The van der Waals surface area contributed by atoms with Gasteiger partial charge in [0.15, 0.2) is 0 Å². The van der Waals surface area contributed by atoms with Crippen LogP contribution in [0.25, 0.3) is 0 Å². The second-order valence-electron chi connectivity index (χ2n) is 6.37. The van der Waals surface area contributed by atoms with Crippen molar-refractivity contribution in [3.8, 4) is 0 Å². The van der Waals surface area contributed by atoms with Crippen LogP contribution in [0.1, 0.15) is 44.1 Å². The summed E-state index contributed by atoms with van der Waals surface area (Å²) in [6.45, 7) is 5.31. The highest BCUT2D eigenvalue weighted by atomic mass is 16.5. The smallest absolute Gasteiger partial charge is 0.0509 e. The third-order valence-electron chi connectivity index (χ3n) is 4.86. The van der Waals surface area contributed by atoms with Gasteiger partial charge in [0.05, 0.1) is 6.61 Å². The Hall–Kier alpha value is -0.860. The number of nitrogens with one attached hydrogen (secondary N) is 1. The molecule has 110 valence electrons. The van der Waals surface area contributed by atoms with E-state index in [1.54, 1.807) is 0 Å². The molecule has 1 heterocycles. The topological polar surface area (TPSA) is 21.3 Å². The van der Waals surface area contributed by atoms with Crippen molar-refractivity contribution in [3.05, 3.63) is 35.9 Å². The number of rotatable bonds is 6. The molecule has 0 bridgehead atoms. The monoisotopic (exact) mass is 273 g/mol. The molecule has 1 saturated carbocycles. The van der Waals surface area contributed by atoms with Crippen molar-refractivity contribution in [3.63, 3.8) is 0 Å². The van der Waals surface area contributed by atoms with Gasteiger partial charge < -0.3 is 10.1 Å². The zero-order valence-electron chi connectivity index (χ0n) is 12.6. The Bertz CT molecular complexity index is 399. The van der Waals surface area contributed by atoms with E-state index in [2.05, 4.69) is 42.6 Å². The van der Waals surface area contributed by atoms with Gasteiger partial charge in [0.25, 0.3) is 0 Å². The lowest BCUT2D eigenvalue weighted by Gasteiger charge is -2.31.